The minimum atomic E-state index is -0.134. The lowest BCUT2D eigenvalue weighted by Crippen LogP contribution is -2.13. The van der Waals surface area contributed by atoms with E-state index in [9.17, 15) is 4.39 Å². The van der Waals surface area contributed by atoms with Gasteiger partial charge >= 0.3 is 0 Å². The SMILES string of the molecule is Cc1cn(C)nc1CNCc1ccc(F)s1.Cl. The van der Waals surface area contributed by atoms with Crippen molar-refractivity contribution in [1.29, 1.82) is 0 Å². The van der Waals surface area contributed by atoms with Crippen molar-refractivity contribution in [3.8, 4) is 0 Å². The highest BCUT2D eigenvalue weighted by Gasteiger charge is 2.03. The van der Waals surface area contributed by atoms with E-state index in [-0.39, 0.29) is 17.5 Å². The highest BCUT2D eigenvalue weighted by atomic mass is 35.5. The van der Waals surface area contributed by atoms with Gasteiger partial charge in [-0.1, -0.05) is 0 Å². The Hall–Kier alpha value is -0.910. The molecule has 0 saturated heterocycles. The van der Waals surface area contributed by atoms with Crippen LogP contribution in [-0.2, 0) is 20.1 Å². The minimum absolute atomic E-state index is 0. The molecule has 17 heavy (non-hydrogen) atoms. The number of hydrogen-bond donors (Lipinski definition) is 1. The topological polar surface area (TPSA) is 29.9 Å². The lowest BCUT2D eigenvalue weighted by atomic mass is 10.3. The number of aromatic nitrogens is 2. The molecule has 2 aromatic heterocycles. The molecule has 0 aromatic carbocycles. The number of hydrogen-bond acceptors (Lipinski definition) is 3. The summed E-state index contributed by atoms with van der Waals surface area (Å²) in [7, 11) is 1.91. The van der Waals surface area contributed by atoms with E-state index in [4.69, 9.17) is 0 Å². The van der Waals surface area contributed by atoms with Gasteiger partial charge in [0, 0.05) is 31.2 Å². The van der Waals surface area contributed by atoms with Crippen LogP contribution in [0.4, 0.5) is 4.39 Å². The van der Waals surface area contributed by atoms with Crippen LogP contribution in [0.3, 0.4) is 0 Å². The molecule has 1 N–H and O–H groups in total. The van der Waals surface area contributed by atoms with Crippen LogP contribution in [-0.4, -0.2) is 9.78 Å². The molecule has 2 heterocycles. The first-order chi connectivity index (χ1) is 7.65. The monoisotopic (exact) mass is 275 g/mol. The van der Waals surface area contributed by atoms with Gasteiger partial charge in [0.15, 0.2) is 5.13 Å². The lowest BCUT2D eigenvalue weighted by Gasteiger charge is -2.00. The quantitative estimate of drug-likeness (QED) is 0.930. The number of aryl methyl sites for hydroxylation is 2. The van der Waals surface area contributed by atoms with Gasteiger partial charge in [0.1, 0.15) is 0 Å². The summed E-state index contributed by atoms with van der Waals surface area (Å²) in [5, 5.41) is 7.45. The van der Waals surface area contributed by atoms with Crippen molar-refractivity contribution in [2.75, 3.05) is 0 Å². The highest BCUT2D eigenvalue weighted by molar-refractivity contribution is 7.10. The molecule has 3 nitrogen and oxygen atoms in total. The van der Waals surface area contributed by atoms with Crippen LogP contribution in [0.25, 0.3) is 0 Å². The van der Waals surface area contributed by atoms with Crippen molar-refractivity contribution >= 4 is 23.7 Å². The van der Waals surface area contributed by atoms with E-state index in [1.54, 1.807) is 10.7 Å². The first kappa shape index (κ1) is 14.2. The third-order valence-corrected chi connectivity index (χ3v) is 3.21. The van der Waals surface area contributed by atoms with E-state index in [0.29, 0.717) is 13.1 Å². The Morgan fingerprint density at radius 1 is 1.41 bits per heavy atom. The molecule has 0 spiro atoms. The van der Waals surface area contributed by atoms with Crippen molar-refractivity contribution in [2.45, 2.75) is 20.0 Å². The van der Waals surface area contributed by atoms with Crippen LogP contribution in [0, 0.1) is 12.1 Å². The molecule has 94 valence electrons. The Morgan fingerprint density at radius 2 is 2.18 bits per heavy atom. The number of nitrogens with zero attached hydrogens (tertiary/aromatic N) is 2. The predicted molar refractivity (Wildman–Crippen MR) is 70.0 cm³/mol. The number of rotatable bonds is 4. The van der Waals surface area contributed by atoms with Gasteiger partial charge in [-0.25, -0.2) is 0 Å². The van der Waals surface area contributed by atoms with Gasteiger partial charge in [-0.05, 0) is 24.6 Å². The Kier molecular flexibility index (Phi) is 5.11. The molecule has 0 fully saturated rings. The van der Waals surface area contributed by atoms with Crippen LogP contribution < -0.4 is 5.32 Å². The molecule has 0 aliphatic carbocycles. The average Bonchev–Trinajstić information content (AvgIpc) is 2.74. The van der Waals surface area contributed by atoms with Gasteiger partial charge in [0.25, 0.3) is 0 Å². The molecule has 0 atom stereocenters. The van der Waals surface area contributed by atoms with Crippen molar-refractivity contribution in [3.05, 3.63) is 39.6 Å². The number of thiophene rings is 1. The molecule has 2 rings (SSSR count). The predicted octanol–water partition coefficient (Wildman–Crippen LogP) is 2.64. The minimum Gasteiger partial charge on any atom is -0.306 e. The zero-order valence-electron chi connectivity index (χ0n) is 9.74. The average molecular weight is 276 g/mol. The summed E-state index contributed by atoms with van der Waals surface area (Å²) in [4.78, 5) is 1.01. The van der Waals surface area contributed by atoms with Crippen molar-refractivity contribution in [1.82, 2.24) is 15.1 Å². The molecule has 0 aliphatic heterocycles. The maximum atomic E-state index is 12.7. The Morgan fingerprint density at radius 3 is 2.71 bits per heavy atom. The molecule has 0 saturated carbocycles. The standard InChI is InChI=1S/C11H14FN3S.ClH/c1-8-7-15(2)14-10(8)6-13-5-9-3-4-11(12)16-9;/h3-4,7,13H,5-6H2,1-2H3;1H. The van der Waals surface area contributed by atoms with Crippen molar-refractivity contribution in [3.63, 3.8) is 0 Å². The second-order valence-corrected chi connectivity index (χ2v) is 4.86. The molecule has 0 amide bonds. The molecular weight excluding hydrogens is 261 g/mol. The molecule has 2 aromatic rings. The molecular formula is C11H15ClFN3S. The molecule has 0 bridgehead atoms. The zero-order valence-corrected chi connectivity index (χ0v) is 11.4. The van der Waals surface area contributed by atoms with Gasteiger partial charge in [-0.2, -0.15) is 9.49 Å². The van der Waals surface area contributed by atoms with Crippen molar-refractivity contribution < 1.29 is 4.39 Å². The van der Waals surface area contributed by atoms with E-state index < -0.39 is 0 Å². The van der Waals surface area contributed by atoms with Gasteiger partial charge < -0.3 is 5.32 Å². The summed E-state index contributed by atoms with van der Waals surface area (Å²) in [5.41, 5.74) is 2.21. The second-order valence-electron chi connectivity index (χ2n) is 3.74. The summed E-state index contributed by atoms with van der Waals surface area (Å²) in [6.07, 6.45) is 1.99. The van der Waals surface area contributed by atoms with Gasteiger partial charge in [-0.15, -0.1) is 23.7 Å². The van der Waals surface area contributed by atoms with Gasteiger partial charge in [-0.3, -0.25) is 4.68 Å². The zero-order chi connectivity index (χ0) is 11.5. The lowest BCUT2D eigenvalue weighted by molar-refractivity contribution is 0.656. The fourth-order valence-corrected chi connectivity index (χ4v) is 2.28. The Bertz CT molecular complexity index is 481. The largest absolute Gasteiger partial charge is 0.306 e. The third-order valence-electron chi connectivity index (χ3n) is 2.33. The first-order valence-corrected chi connectivity index (χ1v) is 5.91. The van der Waals surface area contributed by atoms with Crippen LogP contribution in [0.15, 0.2) is 18.3 Å². The van der Waals surface area contributed by atoms with Crippen molar-refractivity contribution in [2.24, 2.45) is 7.05 Å². The summed E-state index contributed by atoms with van der Waals surface area (Å²) < 4.78 is 14.5. The van der Waals surface area contributed by atoms with Crippen LogP contribution >= 0.6 is 23.7 Å². The molecule has 0 aliphatic rings. The smallest absolute Gasteiger partial charge is 0.176 e. The maximum Gasteiger partial charge on any atom is 0.176 e. The normalized spacial score (nSPS) is 10.3. The fraction of sp³-hybridized carbons (Fsp3) is 0.364. The van der Waals surface area contributed by atoms with Gasteiger partial charge in [0.05, 0.1) is 5.69 Å². The summed E-state index contributed by atoms with van der Waals surface area (Å²) in [6, 6.07) is 3.30. The summed E-state index contributed by atoms with van der Waals surface area (Å²) in [6.45, 7) is 3.44. The fourth-order valence-electron chi connectivity index (χ4n) is 1.58. The second kappa shape index (κ2) is 6.14. The highest BCUT2D eigenvalue weighted by Crippen LogP contribution is 2.14. The van der Waals surface area contributed by atoms with Crippen LogP contribution in [0.2, 0.25) is 0 Å². The Labute approximate surface area is 110 Å². The van der Waals surface area contributed by atoms with E-state index in [2.05, 4.69) is 10.4 Å². The third kappa shape index (κ3) is 3.80. The summed E-state index contributed by atoms with van der Waals surface area (Å²) in [5.74, 6) is 0. The first-order valence-electron chi connectivity index (χ1n) is 5.09. The van der Waals surface area contributed by atoms with E-state index in [1.165, 1.54) is 23.0 Å². The summed E-state index contributed by atoms with van der Waals surface area (Å²) >= 11 is 1.18. The molecule has 6 heteroatoms. The van der Waals surface area contributed by atoms with E-state index >= 15 is 0 Å². The maximum absolute atomic E-state index is 12.7. The van der Waals surface area contributed by atoms with E-state index in [0.717, 1.165) is 10.6 Å². The number of halogens is 2. The van der Waals surface area contributed by atoms with E-state index in [1.807, 2.05) is 20.2 Å². The van der Waals surface area contributed by atoms with Crippen LogP contribution in [0.1, 0.15) is 16.1 Å². The molecule has 0 unspecified atom stereocenters. The number of nitrogens with one attached hydrogen (secondary N) is 1. The molecule has 0 radical (unpaired) electrons. The van der Waals surface area contributed by atoms with Gasteiger partial charge in [0.2, 0.25) is 0 Å². The Balaban J connectivity index is 0.00000144. The van der Waals surface area contributed by atoms with Crippen LogP contribution in [0.5, 0.6) is 0 Å².